The van der Waals surface area contributed by atoms with Gasteiger partial charge in [0, 0.05) is 73.5 Å². The molecule has 0 radical (unpaired) electrons. The highest BCUT2D eigenvalue weighted by atomic mass is 16.6. The minimum Gasteiger partial charge on any atom is -0.486 e. The Balaban J connectivity index is 1.10. The maximum atomic E-state index is 12.6. The van der Waals surface area contributed by atoms with E-state index in [9.17, 15) is 4.79 Å². The Labute approximate surface area is 202 Å². The highest BCUT2D eigenvalue weighted by molar-refractivity contribution is 5.83. The molecule has 4 heterocycles. The van der Waals surface area contributed by atoms with E-state index in [1.54, 1.807) is 12.4 Å². The fourth-order valence-corrected chi connectivity index (χ4v) is 4.53. The lowest BCUT2D eigenvalue weighted by Gasteiger charge is -2.36. The van der Waals surface area contributed by atoms with E-state index in [2.05, 4.69) is 54.3 Å². The van der Waals surface area contributed by atoms with E-state index in [4.69, 9.17) is 9.47 Å². The number of hydrogen-bond acceptors (Lipinski definition) is 8. The van der Waals surface area contributed by atoms with Crippen molar-refractivity contribution in [3.8, 4) is 11.5 Å². The quantitative estimate of drug-likeness (QED) is 0.460. The van der Waals surface area contributed by atoms with Crippen molar-refractivity contribution in [2.45, 2.75) is 6.54 Å². The first-order chi connectivity index (χ1) is 17.2. The monoisotopic (exact) mass is 470 g/mol. The molecule has 9 nitrogen and oxygen atoms in total. The Bertz CT molecular complexity index is 1380. The molecule has 6 rings (SSSR count). The number of fused-ring (bicyclic) bond motifs is 2. The van der Waals surface area contributed by atoms with Gasteiger partial charge in [-0.3, -0.25) is 4.79 Å². The summed E-state index contributed by atoms with van der Waals surface area (Å²) >= 11 is 0. The van der Waals surface area contributed by atoms with Crippen LogP contribution < -0.4 is 30.1 Å². The van der Waals surface area contributed by atoms with Crippen LogP contribution in [-0.2, 0) is 6.54 Å². The van der Waals surface area contributed by atoms with E-state index in [0.717, 1.165) is 48.7 Å². The van der Waals surface area contributed by atoms with Crippen LogP contribution in [0.4, 0.5) is 17.3 Å². The van der Waals surface area contributed by atoms with Crippen molar-refractivity contribution < 1.29 is 9.47 Å². The van der Waals surface area contributed by atoms with Crippen LogP contribution in [0.3, 0.4) is 0 Å². The SMILES string of the molecule is O=c1[nH]c2cc3c(cc2cc1CNc1ccc(N2CCN(c4ncccn4)CC2)cc1)OCCO3. The number of anilines is 3. The number of pyridine rings is 1. The second-order valence-corrected chi connectivity index (χ2v) is 8.63. The molecule has 0 spiro atoms. The van der Waals surface area contributed by atoms with E-state index >= 15 is 0 Å². The first kappa shape index (κ1) is 21.3. The van der Waals surface area contributed by atoms with Crippen molar-refractivity contribution >= 4 is 28.2 Å². The topological polar surface area (TPSA) is 95.6 Å². The molecule has 35 heavy (non-hydrogen) atoms. The average molecular weight is 471 g/mol. The van der Waals surface area contributed by atoms with Gasteiger partial charge in [0.15, 0.2) is 11.5 Å². The summed E-state index contributed by atoms with van der Waals surface area (Å²) in [5.41, 5.74) is 3.44. The minimum atomic E-state index is -0.112. The Hall–Kier alpha value is -4.27. The van der Waals surface area contributed by atoms with Crippen LogP contribution in [-0.4, -0.2) is 54.3 Å². The molecule has 4 aromatic rings. The summed E-state index contributed by atoms with van der Waals surface area (Å²) in [5.74, 6) is 2.17. The summed E-state index contributed by atoms with van der Waals surface area (Å²) < 4.78 is 11.3. The first-order valence-electron chi connectivity index (χ1n) is 11.8. The zero-order valence-electron chi connectivity index (χ0n) is 19.2. The molecule has 0 bridgehead atoms. The summed E-state index contributed by atoms with van der Waals surface area (Å²) in [4.78, 5) is 28.9. The molecule has 1 saturated heterocycles. The number of rotatable bonds is 5. The first-order valence-corrected chi connectivity index (χ1v) is 11.8. The molecule has 0 amide bonds. The molecule has 0 aliphatic carbocycles. The fourth-order valence-electron chi connectivity index (χ4n) is 4.53. The smallest absolute Gasteiger partial charge is 0.253 e. The highest BCUT2D eigenvalue weighted by Crippen LogP contribution is 2.33. The van der Waals surface area contributed by atoms with Gasteiger partial charge in [-0.05, 0) is 42.5 Å². The third-order valence-corrected chi connectivity index (χ3v) is 6.41. The summed E-state index contributed by atoms with van der Waals surface area (Å²) in [6, 6.07) is 15.8. The molecule has 178 valence electrons. The molecular weight excluding hydrogens is 444 g/mol. The fraction of sp³-hybridized carbons (Fsp3) is 0.269. The standard InChI is InChI=1S/C26H26N6O3/c33-25-19(14-18-15-23-24(16-22(18)30-25)35-13-12-34-23)17-29-20-2-4-21(5-3-20)31-8-10-32(11-9-31)26-27-6-1-7-28-26/h1-7,14-16,29H,8-13,17H2,(H,30,33). The van der Waals surface area contributed by atoms with Gasteiger partial charge in [0.05, 0.1) is 5.52 Å². The number of aromatic amines is 1. The van der Waals surface area contributed by atoms with E-state index in [1.807, 2.05) is 24.3 Å². The number of ether oxygens (including phenoxy) is 2. The van der Waals surface area contributed by atoms with Crippen LogP contribution in [0.25, 0.3) is 10.9 Å². The molecule has 2 aromatic heterocycles. The van der Waals surface area contributed by atoms with Crippen molar-refractivity contribution in [3.05, 3.63) is 76.8 Å². The third kappa shape index (κ3) is 4.44. The van der Waals surface area contributed by atoms with Gasteiger partial charge in [0.1, 0.15) is 13.2 Å². The molecular formula is C26H26N6O3. The number of aromatic nitrogens is 3. The number of H-pyrrole nitrogens is 1. The Morgan fingerprint density at radius 2 is 1.57 bits per heavy atom. The van der Waals surface area contributed by atoms with Gasteiger partial charge in [0.2, 0.25) is 5.95 Å². The van der Waals surface area contributed by atoms with Gasteiger partial charge in [-0.15, -0.1) is 0 Å². The number of hydrogen-bond donors (Lipinski definition) is 2. The summed E-state index contributed by atoms with van der Waals surface area (Å²) in [5, 5.41) is 4.29. The van der Waals surface area contributed by atoms with Crippen LogP contribution in [0.5, 0.6) is 11.5 Å². The maximum Gasteiger partial charge on any atom is 0.253 e. The van der Waals surface area contributed by atoms with Crippen molar-refractivity contribution in [2.75, 3.05) is 54.5 Å². The Kier molecular flexibility index (Phi) is 5.57. The van der Waals surface area contributed by atoms with E-state index in [-0.39, 0.29) is 5.56 Å². The van der Waals surface area contributed by atoms with Crippen LogP contribution in [0.1, 0.15) is 5.56 Å². The molecule has 0 unspecified atom stereocenters. The van der Waals surface area contributed by atoms with Crippen LogP contribution in [0.15, 0.2) is 65.7 Å². The van der Waals surface area contributed by atoms with Crippen molar-refractivity contribution in [1.29, 1.82) is 0 Å². The number of piperazine rings is 1. The second-order valence-electron chi connectivity index (χ2n) is 8.63. The number of benzene rings is 2. The molecule has 9 heteroatoms. The van der Waals surface area contributed by atoms with E-state index in [1.165, 1.54) is 5.69 Å². The minimum absolute atomic E-state index is 0.112. The van der Waals surface area contributed by atoms with Crippen molar-refractivity contribution in [1.82, 2.24) is 15.0 Å². The van der Waals surface area contributed by atoms with Gasteiger partial charge in [0.25, 0.3) is 5.56 Å². The molecule has 2 N–H and O–H groups in total. The summed E-state index contributed by atoms with van der Waals surface area (Å²) in [6.45, 7) is 5.07. The van der Waals surface area contributed by atoms with Crippen LogP contribution in [0, 0.1) is 0 Å². The normalized spacial score (nSPS) is 15.3. The van der Waals surface area contributed by atoms with E-state index < -0.39 is 0 Å². The van der Waals surface area contributed by atoms with Gasteiger partial charge < -0.3 is 29.6 Å². The number of nitrogens with zero attached hydrogens (tertiary/aromatic N) is 4. The predicted octanol–water partition coefficient (Wildman–Crippen LogP) is 3.03. The summed E-state index contributed by atoms with van der Waals surface area (Å²) in [7, 11) is 0. The lowest BCUT2D eigenvalue weighted by atomic mass is 10.1. The average Bonchev–Trinajstić information content (AvgIpc) is 2.92. The largest absolute Gasteiger partial charge is 0.486 e. The zero-order valence-corrected chi connectivity index (χ0v) is 19.2. The highest BCUT2D eigenvalue weighted by Gasteiger charge is 2.19. The lowest BCUT2D eigenvalue weighted by molar-refractivity contribution is 0.172. The second kappa shape index (κ2) is 9.17. The number of nitrogens with one attached hydrogen (secondary N) is 2. The van der Waals surface area contributed by atoms with Gasteiger partial charge in [-0.25, -0.2) is 9.97 Å². The molecule has 2 aliphatic rings. The molecule has 2 aliphatic heterocycles. The van der Waals surface area contributed by atoms with Gasteiger partial charge in [-0.1, -0.05) is 0 Å². The van der Waals surface area contributed by atoms with Crippen molar-refractivity contribution in [3.63, 3.8) is 0 Å². The molecule has 1 fully saturated rings. The molecule has 2 aromatic carbocycles. The van der Waals surface area contributed by atoms with E-state index in [0.29, 0.717) is 36.8 Å². The van der Waals surface area contributed by atoms with Gasteiger partial charge in [-0.2, -0.15) is 0 Å². The summed E-state index contributed by atoms with van der Waals surface area (Å²) in [6.07, 6.45) is 3.56. The predicted molar refractivity (Wildman–Crippen MR) is 136 cm³/mol. The maximum absolute atomic E-state index is 12.6. The lowest BCUT2D eigenvalue weighted by Crippen LogP contribution is -2.47. The van der Waals surface area contributed by atoms with Crippen LogP contribution in [0.2, 0.25) is 0 Å². The molecule has 0 atom stereocenters. The Morgan fingerprint density at radius 1 is 0.886 bits per heavy atom. The third-order valence-electron chi connectivity index (χ3n) is 6.41. The van der Waals surface area contributed by atoms with Gasteiger partial charge >= 0.3 is 0 Å². The van der Waals surface area contributed by atoms with Crippen molar-refractivity contribution in [2.24, 2.45) is 0 Å². The van der Waals surface area contributed by atoms with Crippen LogP contribution >= 0.6 is 0 Å². The molecule has 0 saturated carbocycles. The zero-order chi connectivity index (χ0) is 23.6. The Morgan fingerprint density at radius 3 is 2.31 bits per heavy atom.